The predicted molar refractivity (Wildman–Crippen MR) is 71.5 cm³/mol. The van der Waals surface area contributed by atoms with E-state index in [0.717, 1.165) is 6.54 Å². The molecular formula is C15H25N. The van der Waals surface area contributed by atoms with Crippen molar-refractivity contribution in [2.24, 2.45) is 0 Å². The number of hydrogen-bond donors (Lipinski definition) is 1. The molecule has 1 nitrogen and oxygen atoms in total. The SMILES string of the molecule is CCCCCC[C@@H](C)NCc1ccccc1. The summed E-state index contributed by atoms with van der Waals surface area (Å²) in [5, 5.41) is 3.58. The molecular weight excluding hydrogens is 194 g/mol. The Hall–Kier alpha value is -0.820. The maximum Gasteiger partial charge on any atom is 0.0207 e. The van der Waals surface area contributed by atoms with Crippen LogP contribution in [0.2, 0.25) is 0 Å². The van der Waals surface area contributed by atoms with Gasteiger partial charge in [0.2, 0.25) is 0 Å². The first-order valence-electron chi connectivity index (χ1n) is 6.60. The minimum absolute atomic E-state index is 0.636. The van der Waals surface area contributed by atoms with Crippen LogP contribution in [0.15, 0.2) is 30.3 Å². The van der Waals surface area contributed by atoms with E-state index < -0.39 is 0 Å². The van der Waals surface area contributed by atoms with Crippen LogP contribution in [0.5, 0.6) is 0 Å². The highest BCUT2D eigenvalue weighted by molar-refractivity contribution is 5.14. The van der Waals surface area contributed by atoms with Crippen molar-refractivity contribution in [3.8, 4) is 0 Å². The quantitative estimate of drug-likeness (QED) is 0.648. The zero-order chi connectivity index (χ0) is 11.6. The van der Waals surface area contributed by atoms with Crippen LogP contribution in [0.4, 0.5) is 0 Å². The Morgan fingerprint density at radius 2 is 1.81 bits per heavy atom. The molecule has 0 unspecified atom stereocenters. The van der Waals surface area contributed by atoms with Gasteiger partial charge in [-0.2, -0.15) is 0 Å². The fraction of sp³-hybridized carbons (Fsp3) is 0.600. The van der Waals surface area contributed by atoms with Crippen LogP contribution in [0.25, 0.3) is 0 Å². The molecule has 0 aliphatic rings. The summed E-state index contributed by atoms with van der Waals surface area (Å²) >= 11 is 0. The summed E-state index contributed by atoms with van der Waals surface area (Å²) in [7, 11) is 0. The minimum atomic E-state index is 0.636. The zero-order valence-corrected chi connectivity index (χ0v) is 10.7. The number of rotatable bonds is 8. The molecule has 0 aliphatic heterocycles. The average molecular weight is 219 g/mol. The molecule has 0 amide bonds. The molecule has 1 atom stereocenters. The maximum absolute atomic E-state index is 3.58. The van der Waals surface area contributed by atoms with Crippen molar-refractivity contribution in [1.82, 2.24) is 5.32 Å². The van der Waals surface area contributed by atoms with Gasteiger partial charge >= 0.3 is 0 Å². The Balaban J connectivity index is 2.08. The lowest BCUT2D eigenvalue weighted by Crippen LogP contribution is -2.25. The van der Waals surface area contributed by atoms with Crippen LogP contribution in [-0.4, -0.2) is 6.04 Å². The van der Waals surface area contributed by atoms with Gasteiger partial charge in [0.1, 0.15) is 0 Å². The zero-order valence-electron chi connectivity index (χ0n) is 10.7. The Bertz CT molecular complexity index is 255. The van der Waals surface area contributed by atoms with Crippen molar-refractivity contribution in [2.75, 3.05) is 0 Å². The van der Waals surface area contributed by atoms with E-state index >= 15 is 0 Å². The summed E-state index contributed by atoms with van der Waals surface area (Å²) in [5.41, 5.74) is 1.38. The summed E-state index contributed by atoms with van der Waals surface area (Å²) in [5.74, 6) is 0. The van der Waals surface area contributed by atoms with E-state index in [1.54, 1.807) is 0 Å². The van der Waals surface area contributed by atoms with Gasteiger partial charge < -0.3 is 5.32 Å². The van der Waals surface area contributed by atoms with Crippen molar-refractivity contribution >= 4 is 0 Å². The fourth-order valence-electron chi connectivity index (χ4n) is 1.87. The van der Waals surface area contributed by atoms with E-state index in [0.29, 0.717) is 6.04 Å². The highest BCUT2D eigenvalue weighted by atomic mass is 14.9. The van der Waals surface area contributed by atoms with Gasteiger partial charge in [-0.15, -0.1) is 0 Å². The standard InChI is InChI=1S/C15H25N/c1-3-4-5-7-10-14(2)16-13-15-11-8-6-9-12-15/h6,8-9,11-12,14,16H,3-5,7,10,13H2,1-2H3/t14-/m1/s1. The van der Waals surface area contributed by atoms with Crippen LogP contribution >= 0.6 is 0 Å². The monoisotopic (exact) mass is 219 g/mol. The van der Waals surface area contributed by atoms with Gasteiger partial charge in [-0.25, -0.2) is 0 Å². The lowest BCUT2D eigenvalue weighted by molar-refractivity contribution is 0.483. The number of nitrogens with one attached hydrogen (secondary N) is 1. The molecule has 90 valence electrons. The molecule has 0 aliphatic carbocycles. The molecule has 16 heavy (non-hydrogen) atoms. The van der Waals surface area contributed by atoms with E-state index in [4.69, 9.17) is 0 Å². The highest BCUT2D eigenvalue weighted by Gasteiger charge is 2.00. The van der Waals surface area contributed by atoms with Gasteiger partial charge in [-0.05, 0) is 18.9 Å². The van der Waals surface area contributed by atoms with Crippen LogP contribution < -0.4 is 5.32 Å². The number of hydrogen-bond acceptors (Lipinski definition) is 1. The predicted octanol–water partition coefficient (Wildman–Crippen LogP) is 4.14. The maximum atomic E-state index is 3.58. The lowest BCUT2D eigenvalue weighted by atomic mass is 10.1. The van der Waals surface area contributed by atoms with Gasteiger partial charge in [0, 0.05) is 12.6 Å². The molecule has 1 aromatic carbocycles. The smallest absolute Gasteiger partial charge is 0.0207 e. The van der Waals surface area contributed by atoms with Gasteiger partial charge in [-0.3, -0.25) is 0 Å². The van der Waals surface area contributed by atoms with Crippen molar-refractivity contribution in [3.05, 3.63) is 35.9 Å². The first-order chi connectivity index (χ1) is 7.83. The third-order valence-corrected chi connectivity index (χ3v) is 2.99. The number of unbranched alkanes of at least 4 members (excludes halogenated alkanes) is 3. The topological polar surface area (TPSA) is 12.0 Å². The Morgan fingerprint density at radius 1 is 1.06 bits per heavy atom. The second kappa shape index (κ2) is 8.35. The van der Waals surface area contributed by atoms with Crippen molar-refractivity contribution in [3.63, 3.8) is 0 Å². The third-order valence-electron chi connectivity index (χ3n) is 2.99. The lowest BCUT2D eigenvalue weighted by Gasteiger charge is -2.13. The van der Waals surface area contributed by atoms with Crippen LogP contribution in [-0.2, 0) is 6.54 Å². The average Bonchev–Trinajstić information content (AvgIpc) is 2.33. The van der Waals surface area contributed by atoms with Gasteiger partial charge in [0.15, 0.2) is 0 Å². The van der Waals surface area contributed by atoms with E-state index in [1.807, 2.05) is 0 Å². The van der Waals surface area contributed by atoms with Crippen LogP contribution in [0.3, 0.4) is 0 Å². The van der Waals surface area contributed by atoms with E-state index in [1.165, 1.54) is 37.7 Å². The van der Waals surface area contributed by atoms with Crippen molar-refractivity contribution in [1.29, 1.82) is 0 Å². The van der Waals surface area contributed by atoms with Gasteiger partial charge in [0.25, 0.3) is 0 Å². The molecule has 0 fully saturated rings. The van der Waals surface area contributed by atoms with E-state index in [2.05, 4.69) is 49.5 Å². The summed E-state index contributed by atoms with van der Waals surface area (Å²) in [6, 6.07) is 11.3. The van der Waals surface area contributed by atoms with E-state index in [9.17, 15) is 0 Å². The molecule has 0 spiro atoms. The van der Waals surface area contributed by atoms with E-state index in [-0.39, 0.29) is 0 Å². The van der Waals surface area contributed by atoms with Gasteiger partial charge in [0.05, 0.1) is 0 Å². The molecule has 0 heterocycles. The fourth-order valence-corrected chi connectivity index (χ4v) is 1.87. The van der Waals surface area contributed by atoms with Gasteiger partial charge in [-0.1, -0.05) is 62.9 Å². The molecule has 0 bridgehead atoms. The Morgan fingerprint density at radius 3 is 2.50 bits per heavy atom. The number of benzene rings is 1. The molecule has 1 rings (SSSR count). The highest BCUT2D eigenvalue weighted by Crippen LogP contribution is 2.06. The minimum Gasteiger partial charge on any atom is -0.310 e. The Labute approximate surface area is 100 Å². The molecule has 0 aromatic heterocycles. The second-order valence-corrected chi connectivity index (χ2v) is 4.62. The third kappa shape index (κ3) is 5.92. The molecule has 1 aromatic rings. The summed E-state index contributed by atoms with van der Waals surface area (Å²) in [6.07, 6.45) is 6.74. The molecule has 1 heteroatoms. The first kappa shape index (κ1) is 13.2. The summed E-state index contributed by atoms with van der Waals surface area (Å²) in [6.45, 7) is 5.54. The Kier molecular flexibility index (Phi) is 6.91. The normalized spacial score (nSPS) is 12.6. The van der Waals surface area contributed by atoms with Crippen molar-refractivity contribution < 1.29 is 0 Å². The molecule has 0 saturated carbocycles. The second-order valence-electron chi connectivity index (χ2n) is 4.62. The molecule has 0 radical (unpaired) electrons. The first-order valence-corrected chi connectivity index (χ1v) is 6.60. The summed E-state index contributed by atoms with van der Waals surface area (Å²) < 4.78 is 0. The summed E-state index contributed by atoms with van der Waals surface area (Å²) in [4.78, 5) is 0. The molecule has 0 saturated heterocycles. The van der Waals surface area contributed by atoms with Crippen molar-refractivity contribution in [2.45, 2.75) is 58.5 Å². The van der Waals surface area contributed by atoms with Crippen LogP contribution in [0.1, 0.15) is 51.5 Å². The molecule has 1 N–H and O–H groups in total. The largest absolute Gasteiger partial charge is 0.310 e. The van der Waals surface area contributed by atoms with Crippen LogP contribution in [0, 0.1) is 0 Å².